The van der Waals surface area contributed by atoms with Crippen molar-refractivity contribution >= 4 is 36.5 Å². The second-order valence-corrected chi connectivity index (χ2v) is 6.55. The van der Waals surface area contributed by atoms with Gasteiger partial charge in [-0.3, -0.25) is 4.79 Å². The third kappa shape index (κ3) is 6.98. The smallest absolute Gasteiger partial charge is 0.224 e. The van der Waals surface area contributed by atoms with Gasteiger partial charge < -0.3 is 20.7 Å². The van der Waals surface area contributed by atoms with Crippen molar-refractivity contribution in [3.63, 3.8) is 0 Å². The summed E-state index contributed by atoms with van der Waals surface area (Å²) in [5.41, 5.74) is 6.72. The molecule has 0 aliphatic carbocycles. The molecular weight excluding hydrogens is 363 g/mol. The van der Waals surface area contributed by atoms with Gasteiger partial charge in [0.15, 0.2) is 0 Å². The summed E-state index contributed by atoms with van der Waals surface area (Å²) in [6.07, 6.45) is 2.23. The number of nitrogens with one attached hydrogen (secondary N) is 1. The second kappa shape index (κ2) is 10.8. The van der Waals surface area contributed by atoms with Crippen LogP contribution in [-0.4, -0.2) is 42.2 Å². The molecule has 2 rings (SSSR count). The largest absolute Gasteiger partial charge is 0.372 e. The van der Waals surface area contributed by atoms with E-state index in [0.29, 0.717) is 6.54 Å². The van der Waals surface area contributed by atoms with E-state index in [1.807, 2.05) is 32.2 Å². The Morgan fingerprint density at radius 2 is 1.92 bits per heavy atom. The Bertz CT molecular complexity index is 518. The van der Waals surface area contributed by atoms with Crippen LogP contribution in [0.4, 0.5) is 5.82 Å². The molecule has 3 N–H and O–H groups in total. The Balaban J connectivity index is 0.00000288. The Kier molecular flexibility index (Phi) is 10.3. The molecule has 4 unspecified atom stereocenters. The van der Waals surface area contributed by atoms with E-state index in [0.717, 1.165) is 24.5 Å². The second-order valence-electron chi connectivity index (χ2n) is 6.55. The van der Waals surface area contributed by atoms with Gasteiger partial charge in [0.2, 0.25) is 5.91 Å². The number of ether oxygens (including phenoxy) is 1. The van der Waals surface area contributed by atoms with Crippen molar-refractivity contribution in [1.29, 1.82) is 0 Å². The first-order valence-corrected chi connectivity index (χ1v) is 8.25. The molecule has 1 amide bonds. The topological polar surface area (TPSA) is 80.5 Å². The summed E-state index contributed by atoms with van der Waals surface area (Å²) in [5.74, 6) is 0.726. The molecule has 0 radical (unpaired) electrons. The first kappa shape index (κ1) is 23.9. The summed E-state index contributed by atoms with van der Waals surface area (Å²) < 4.78 is 5.74. The van der Waals surface area contributed by atoms with Crippen molar-refractivity contribution in [1.82, 2.24) is 10.3 Å². The molecule has 1 aliphatic heterocycles. The predicted octanol–water partition coefficient (Wildman–Crippen LogP) is 2.14. The Morgan fingerprint density at radius 3 is 2.40 bits per heavy atom. The Hall–Kier alpha value is -1.08. The molecule has 1 aromatic rings. The normalized spacial score (nSPS) is 22.2. The Morgan fingerprint density at radius 1 is 1.32 bits per heavy atom. The molecule has 0 saturated carbocycles. The average Bonchev–Trinajstić information content (AvgIpc) is 2.51. The van der Waals surface area contributed by atoms with Gasteiger partial charge in [-0.2, -0.15) is 0 Å². The number of nitrogens with two attached hydrogens (primary N) is 1. The van der Waals surface area contributed by atoms with Crippen LogP contribution in [0.25, 0.3) is 0 Å². The van der Waals surface area contributed by atoms with Gasteiger partial charge in [0.05, 0.1) is 12.2 Å². The van der Waals surface area contributed by atoms with Crippen molar-refractivity contribution in [2.45, 2.75) is 52.5 Å². The predicted molar refractivity (Wildman–Crippen MR) is 106 cm³/mol. The number of amides is 1. The molecule has 144 valence electrons. The highest BCUT2D eigenvalue weighted by Crippen LogP contribution is 2.18. The molecule has 25 heavy (non-hydrogen) atoms. The number of rotatable bonds is 5. The summed E-state index contributed by atoms with van der Waals surface area (Å²) >= 11 is 0. The van der Waals surface area contributed by atoms with Gasteiger partial charge >= 0.3 is 0 Å². The van der Waals surface area contributed by atoms with Gasteiger partial charge in [0.25, 0.3) is 0 Å². The number of nitrogens with zero attached hydrogens (tertiary/aromatic N) is 2. The SMILES string of the molecule is CC1CN(c2ccc(CNC(=O)C(C)C(C)N)cn2)CC(C)O1.Cl.Cl. The van der Waals surface area contributed by atoms with E-state index >= 15 is 0 Å². The van der Waals surface area contributed by atoms with Crippen molar-refractivity contribution < 1.29 is 9.53 Å². The highest BCUT2D eigenvalue weighted by molar-refractivity contribution is 5.85. The van der Waals surface area contributed by atoms with Crippen molar-refractivity contribution in [3.8, 4) is 0 Å². The van der Waals surface area contributed by atoms with Gasteiger partial charge in [-0.05, 0) is 32.4 Å². The summed E-state index contributed by atoms with van der Waals surface area (Å²) in [4.78, 5) is 18.7. The van der Waals surface area contributed by atoms with Crippen LogP contribution >= 0.6 is 24.8 Å². The van der Waals surface area contributed by atoms with E-state index in [9.17, 15) is 4.79 Å². The lowest BCUT2D eigenvalue weighted by Crippen LogP contribution is -2.45. The van der Waals surface area contributed by atoms with Crippen LogP contribution in [0, 0.1) is 5.92 Å². The number of carbonyl (C=O) groups is 1. The summed E-state index contributed by atoms with van der Waals surface area (Å²) in [6.45, 7) is 9.99. The van der Waals surface area contributed by atoms with E-state index in [1.165, 1.54) is 0 Å². The van der Waals surface area contributed by atoms with Gasteiger partial charge in [-0.1, -0.05) is 13.0 Å². The number of hydrogen-bond acceptors (Lipinski definition) is 5. The van der Waals surface area contributed by atoms with Crippen LogP contribution in [0.5, 0.6) is 0 Å². The number of halogens is 2. The average molecular weight is 393 g/mol. The van der Waals surface area contributed by atoms with Crippen molar-refractivity contribution in [2.24, 2.45) is 11.7 Å². The molecule has 4 atom stereocenters. The van der Waals surface area contributed by atoms with E-state index < -0.39 is 0 Å². The van der Waals surface area contributed by atoms with E-state index in [-0.39, 0.29) is 54.9 Å². The zero-order valence-corrected chi connectivity index (χ0v) is 16.9. The van der Waals surface area contributed by atoms with Gasteiger partial charge in [-0.15, -0.1) is 24.8 Å². The zero-order chi connectivity index (χ0) is 17.0. The lowest BCUT2D eigenvalue weighted by Gasteiger charge is -2.36. The number of aromatic nitrogens is 1. The third-order valence-corrected chi connectivity index (χ3v) is 4.22. The molecule has 2 heterocycles. The maximum atomic E-state index is 11.9. The molecule has 0 bridgehead atoms. The molecule has 1 aliphatic rings. The standard InChI is InChI=1S/C17H28N4O2.2ClH/c1-11-9-21(10-12(2)23-11)16-6-5-15(7-19-16)8-20-17(22)13(3)14(4)18;;/h5-7,11-14H,8-10,18H2,1-4H3,(H,20,22);2*1H. The zero-order valence-electron chi connectivity index (χ0n) is 15.3. The first-order chi connectivity index (χ1) is 10.9. The fourth-order valence-electron chi connectivity index (χ4n) is 2.66. The minimum atomic E-state index is -0.196. The lowest BCUT2D eigenvalue weighted by molar-refractivity contribution is -0.125. The Labute approximate surface area is 162 Å². The fourth-order valence-corrected chi connectivity index (χ4v) is 2.66. The summed E-state index contributed by atoms with van der Waals surface area (Å²) in [7, 11) is 0. The minimum absolute atomic E-state index is 0. The third-order valence-electron chi connectivity index (χ3n) is 4.22. The van der Waals surface area contributed by atoms with Crippen molar-refractivity contribution in [3.05, 3.63) is 23.9 Å². The number of morpholine rings is 1. The molecule has 1 fully saturated rings. The molecule has 0 aromatic carbocycles. The highest BCUT2D eigenvalue weighted by Gasteiger charge is 2.23. The number of carbonyl (C=O) groups excluding carboxylic acids is 1. The van der Waals surface area contributed by atoms with Gasteiger partial charge in [0.1, 0.15) is 5.82 Å². The van der Waals surface area contributed by atoms with Crippen LogP contribution in [0.1, 0.15) is 33.3 Å². The van der Waals surface area contributed by atoms with Crippen LogP contribution in [0.3, 0.4) is 0 Å². The van der Waals surface area contributed by atoms with Crippen LogP contribution in [-0.2, 0) is 16.1 Å². The van der Waals surface area contributed by atoms with E-state index in [1.54, 1.807) is 0 Å². The highest BCUT2D eigenvalue weighted by atomic mass is 35.5. The molecule has 8 heteroatoms. The molecule has 6 nitrogen and oxygen atoms in total. The fraction of sp³-hybridized carbons (Fsp3) is 0.647. The number of hydrogen-bond donors (Lipinski definition) is 2. The van der Waals surface area contributed by atoms with Gasteiger partial charge in [0, 0.05) is 37.8 Å². The molecular formula is C17H30Cl2N4O2. The van der Waals surface area contributed by atoms with Crippen LogP contribution in [0.2, 0.25) is 0 Å². The summed E-state index contributed by atoms with van der Waals surface area (Å²) in [6, 6.07) is 3.85. The maximum Gasteiger partial charge on any atom is 0.224 e. The maximum absolute atomic E-state index is 11.9. The van der Waals surface area contributed by atoms with Crippen LogP contribution in [0.15, 0.2) is 18.3 Å². The monoisotopic (exact) mass is 392 g/mol. The quantitative estimate of drug-likeness (QED) is 0.801. The number of pyridine rings is 1. The van der Waals surface area contributed by atoms with Gasteiger partial charge in [-0.25, -0.2) is 4.98 Å². The van der Waals surface area contributed by atoms with Crippen LogP contribution < -0.4 is 16.0 Å². The lowest BCUT2D eigenvalue weighted by atomic mass is 10.0. The molecule has 0 spiro atoms. The molecule has 1 saturated heterocycles. The minimum Gasteiger partial charge on any atom is -0.372 e. The van der Waals surface area contributed by atoms with E-state index in [4.69, 9.17) is 10.5 Å². The first-order valence-electron chi connectivity index (χ1n) is 8.25. The van der Waals surface area contributed by atoms with E-state index in [2.05, 4.69) is 29.0 Å². The summed E-state index contributed by atoms with van der Waals surface area (Å²) in [5, 5.41) is 2.90. The van der Waals surface area contributed by atoms with Crippen molar-refractivity contribution in [2.75, 3.05) is 18.0 Å². The number of anilines is 1. The molecule has 1 aromatic heterocycles.